The fourth-order valence-electron chi connectivity index (χ4n) is 6.41. The van der Waals surface area contributed by atoms with Crippen LogP contribution in [-0.2, 0) is 33.2 Å². The number of hydrogen-bond donors (Lipinski definition) is 0. The molecule has 9 heteroatoms. The van der Waals surface area contributed by atoms with Crippen LogP contribution in [0.15, 0.2) is 121 Å². The first-order chi connectivity index (χ1) is 20.8. The molecule has 0 amide bonds. The summed E-state index contributed by atoms with van der Waals surface area (Å²) < 4.78 is 46.8. The molecule has 5 rings (SSSR count). The van der Waals surface area contributed by atoms with Gasteiger partial charge >= 0.3 is 253 Å². The second-order valence-corrected chi connectivity index (χ2v) is 17.1. The standard InChI is InChI=1S/C34H35O7PS/c1-39-33(35)26-23-27(34(36)40-2)25-32(24-26)43(37,38)41-42(28-15-7-3-8-16-28,29-17-9-4-10-18-29,30-19-11-5-12-20-30)31-21-13-6-14-22-31/h3-22,26-27,32H,23-25H2,1-2H3. The van der Waals surface area contributed by atoms with Crippen molar-refractivity contribution in [1.82, 2.24) is 0 Å². The predicted octanol–water partition coefficient (Wildman–Crippen LogP) is 4.23. The number of esters is 2. The van der Waals surface area contributed by atoms with Crippen LogP contribution in [0.5, 0.6) is 0 Å². The zero-order chi connectivity index (χ0) is 30.5. The van der Waals surface area contributed by atoms with Crippen LogP contribution in [0.3, 0.4) is 0 Å². The van der Waals surface area contributed by atoms with Crippen LogP contribution in [0.2, 0.25) is 0 Å². The summed E-state index contributed by atoms with van der Waals surface area (Å²) in [4.78, 5) is 25.5. The van der Waals surface area contributed by atoms with Gasteiger partial charge in [-0.2, -0.15) is 0 Å². The van der Waals surface area contributed by atoms with Gasteiger partial charge in [-0.05, 0) is 0 Å². The summed E-state index contributed by atoms with van der Waals surface area (Å²) in [6, 6.07) is 37.9. The molecule has 0 saturated heterocycles. The van der Waals surface area contributed by atoms with Crippen molar-refractivity contribution >= 4 is 50.1 Å². The van der Waals surface area contributed by atoms with E-state index in [1.54, 1.807) is 0 Å². The summed E-state index contributed by atoms with van der Waals surface area (Å²) in [5, 5.41) is 1.63. The molecule has 0 bridgehead atoms. The molecular formula is C34H35O7PS. The van der Waals surface area contributed by atoms with Gasteiger partial charge in [0.1, 0.15) is 0 Å². The van der Waals surface area contributed by atoms with E-state index in [4.69, 9.17) is 13.4 Å². The van der Waals surface area contributed by atoms with Crippen molar-refractivity contribution in [2.45, 2.75) is 24.5 Å². The Morgan fingerprint density at radius 2 is 0.860 bits per heavy atom. The van der Waals surface area contributed by atoms with Crippen molar-refractivity contribution in [3.05, 3.63) is 121 Å². The van der Waals surface area contributed by atoms with E-state index in [0.717, 1.165) is 0 Å². The molecule has 0 heterocycles. The zero-order valence-electron chi connectivity index (χ0n) is 24.1. The van der Waals surface area contributed by atoms with Gasteiger partial charge < -0.3 is 0 Å². The Morgan fingerprint density at radius 1 is 0.558 bits per heavy atom. The summed E-state index contributed by atoms with van der Waals surface area (Å²) in [7, 11) is -1.99. The topological polar surface area (TPSA) is 96.0 Å². The zero-order valence-corrected chi connectivity index (χ0v) is 25.8. The van der Waals surface area contributed by atoms with E-state index in [1.165, 1.54) is 14.2 Å². The second-order valence-electron chi connectivity index (χ2n) is 10.7. The molecule has 0 radical (unpaired) electrons. The van der Waals surface area contributed by atoms with Crippen LogP contribution < -0.4 is 21.2 Å². The Bertz CT molecular complexity index is 1470. The van der Waals surface area contributed by atoms with Gasteiger partial charge in [-0.15, -0.1) is 0 Å². The first-order valence-corrected chi connectivity index (χ1v) is 17.7. The molecule has 2 atom stereocenters. The number of carbonyl (C=O) groups is 2. The van der Waals surface area contributed by atoms with Crippen LogP contribution in [0.25, 0.3) is 0 Å². The molecule has 0 N–H and O–H groups in total. The Hall–Kier alpha value is -3.84. The summed E-state index contributed by atoms with van der Waals surface area (Å²) in [6.45, 7) is -4.55. The van der Waals surface area contributed by atoms with Crippen molar-refractivity contribution in [3.8, 4) is 0 Å². The first-order valence-electron chi connectivity index (χ1n) is 14.1. The van der Waals surface area contributed by atoms with Crippen LogP contribution in [0.4, 0.5) is 0 Å². The average Bonchev–Trinajstić information content (AvgIpc) is 3.08. The normalized spacial score (nSPS) is 19.9. The van der Waals surface area contributed by atoms with Gasteiger partial charge in [0.15, 0.2) is 0 Å². The number of rotatable bonds is 9. The van der Waals surface area contributed by atoms with Crippen molar-refractivity contribution in [3.63, 3.8) is 0 Å². The van der Waals surface area contributed by atoms with Crippen molar-refractivity contribution in [2.75, 3.05) is 14.2 Å². The van der Waals surface area contributed by atoms with Gasteiger partial charge in [-0.3, -0.25) is 0 Å². The Labute approximate surface area is 253 Å². The van der Waals surface area contributed by atoms with Crippen LogP contribution >= 0.6 is 6.83 Å². The molecule has 43 heavy (non-hydrogen) atoms. The molecule has 7 nitrogen and oxygen atoms in total. The van der Waals surface area contributed by atoms with Crippen molar-refractivity contribution in [2.24, 2.45) is 11.8 Å². The van der Waals surface area contributed by atoms with Crippen molar-refractivity contribution in [1.29, 1.82) is 0 Å². The fraction of sp³-hybridized carbons (Fsp3) is 0.235. The van der Waals surface area contributed by atoms with E-state index in [9.17, 15) is 18.0 Å². The Kier molecular flexibility index (Phi) is 8.84. The van der Waals surface area contributed by atoms with E-state index >= 15 is 0 Å². The molecule has 1 fully saturated rings. The third kappa shape index (κ3) is 5.29. The maximum atomic E-state index is 14.9. The van der Waals surface area contributed by atoms with Gasteiger partial charge in [-0.1, -0.05) is 0 Å². The molecule has 4 aromatic carbocycles. The number of methoxy groups -OCH3 is 2. The predicted molar refractivity (Wildman–Crippen MR) is 170 cm³/mol. The van der Waals surface area contributed by atoms with Gasteiger partial charge in [0, 0.05) is 0 Å². The number of hydrogen-bond acceptors (Lipinski definition) is 7. The monoisotopic (exact) mass is 618 g/mol. The second kappa shape index (κ2) is 12.4. The number of carbonyl (C=O) groups excluding carboxylic acids is 2. The number of ether oxygens (including phenoxy) is 2. The Morgan fingerprint density at radius 3 is 1.14 bits per heavy atom. The molecule has 1 aliphatic rings. The molecular weight excluding hydrogens is 583 g/mol. The summed E-state index contributed by atoms with van der Waals surface area (Å²) in [6.07, 6.45) is 0.0635. The van der Waals surface area contributed by atoms with E-state index in [2.05, 4.69) is 0 Å². The third-order valence-electron chi connectivity index (χ3n) is 8.39. The molecule has 1 aliphatic carbocycles. The van der Waals surface area contributed by atoms with E-state index < -0.39 is 46.0 Å². The van der Waals surface area contributed by atoms with E-state index in [0.29, 0.717) is 21.2 Å². The average molecular weight is 619 g/mol. The quantitative estimate of drug-likeness (QED) is 0.205. The summed E-state index contributed by atoms with van der Waals surface area (Å²) >= 11 is 0. The molecule has 4 aromatic rings. The van der Waals surface area contributed by atoms with Gasteiger partial charge in [-0.25, -0.2) is 0 Å². The summed E-state index contributed by atoms with van der Waals surface area (Å²) in [5.41, 5.74) is 0. The minimum atomic E-state index is -4.55. The first kappa shape index (κ1) is 30.6. The SMILES string of the molecule is COC(=O)C1CC(C(=O)OC)CC(S(=O)(=O)OP(c2ccccc2)(c2ccccc2)(c2ccccc2)c2ccccc2)C1. The number of benzene rings is 4. The van der Waals surface area contributed by atoms with E-state index in [-0.39, 0.29) is 19.3 Å². The molecule has 0 aliphatic heterocycles. The van der Waals surface area contributed by atoms with Gasteiger partial charge in [0.2, 0.25) is 0 Å². The van der Waals surface area contributed by atoms with E-state index in [1.807, 2.05) is 121 Å². The summed E-state index contributed by atoms with van der Waals surface area (Å²) in [5.74, 6) is -2.75. The molecule has 0 aromatic heterocycles. The molecule has 2 unspecified atom stereocenters. The van der Waals surface area contributed by atoms with Crippen LogP contribution in [-0.4, -0.2) is 39.8 Å². The maximum absolute atomic E-state index is 14.9. The van der Waals surface area contributed by atoms with Crippen molar-refractivity contribution < 1.29 is 31.5 Å². The molecule has 0 spiro atoms. The minimum absolute atomic E-state index is 0.0395. The third-order valence-corrected chi connectivity index (χ3v) is 16.7. The van der Waals surface area contributed by atoms with Gasteiger partial charge in [0.25, 0.3) is 0 Å². The molecule has 1 saturated carbocycles. The van der Waals surface area contributed by atoms with Gasteiger partial charge in [0.05, 0.1) is 0 Å². The fourth-order valence-corrected chi connectivity index (χ4v) is 15.6. The van der Waals surface area contributed by atoms with Crippen LogP contribution in [0.1, 0.15) is 19.3 Å². The van der Waals surface area contributed by atoms with Crippen LogP contribution in [0, 0.1) is 11.8 Å². The molecule has 224 valence electrons. The Balaban J connectivity index is 1.84.